The van der Waals surface area contributed by atoms with Crippen molar-refractivity contribution < 1.29 is 19.1 Å². The fourth-order valence-corrected chi connectivity index (χ4v) is 2.21. The van der Waals surface area contributed by atoms with Gasteiger partial charge in [-0.15, -0.1) is 0 Å². The van der Waals surface area contributed by atoms with Gasteiger partial charge >= 0.3 is 5.97 Å². The minimum atomic E-state index is -0.567. The zero-order valence-corrected chi connectivity index (χ0v) is 15.2. The Morgan fingerprint density at radius 3 is 2.27 bits per heavy atom. The molecule has 2 rings (SSSR count). The van der Waals surface area contributed by atoms with E-state index in [1.54, 1.807) is 37.5 Å². The topological polar surface area (TPSA) is 64.6 Å². The van der Waals surface area contributed by atoms with Crippen molar-refractivity contribution in [2.75, 3.05) is 19.0 Å². The van der Waals surface area contributed by atoms with E-state index in [0.29, 0.717) is 17.4 Å². The van der Waals surface area contributed by atoms with Crippen LogP contribution in [0.4, 0.5) is 5.69 Å². The lowest BCUT2D eigenvalue weighted by Crippen LogP contribution is -2.20. The first-order valence-corrected chi connectivity index (χ1v) is 8.36. The molecule has 0 aliphatic rings. The second kappa shape index (κ2) is 9.42. The smallest absolute Gasteiger partial charge is 0.331 e. The van der Waals surface area contributed by atoms with E-state index >= 15 is 0 Å². The molecule has 0 spiro atoms. The summed E-state index contributed by atoms with van der Waals surface area (Å²) < 4.78 is 9.99. The lowest BCUT2D eigenvalue weighted by Gasteiger charge is -2.06. The molecule has 0 aliphatic heterocycles. The molecule has 5 heteroatoms. The van der Waals surface area contributed by atoms with Gasteiger partial charge in [-0.05, 0) is 47.4 Å². The molecular weight excluding hydrogens is 330 g/mol. The molecule has 0 unspecified atom stereocenters. The summed E-state index contributed by atoms with van der Waals surface area (Å²) in [5.74, 6) is 0.184. The molecule has 0 bridgehead atoms. The zero-order chi connectivity index (χ0) is 18.9. The van der Waals surface area contributed by atoms with Crippen LogP contribution in [0.3, 0.4) is 0 Å². The maximum atomic E-state index is 11.8. The summed E-state index contributed by atoms with van der Waals surface area (Å²) in [5, 5.41) is 2.64. The van der Waals surface area contributed by atoms with Crippen molar-refractivity contribution in [1.82, 2.24) is 0 Å². The van der Waals surface area contributed by atoms with E-state index in [0.717, 1.165) is 5.56 Å². The van der Waals surface area contributed by atoms with Gasteiger partial charge in [0, 0.05) is 11.8 Å². The van der Waals surface area contributed by atoms with Gasteiger partial charge < -0.3 is 14.8 Å². The maximum absolute atomic E-state index is 11.8. The van der Waals surface area contributed by atoms with Crippen LogP contribution >= 0.6 is 0 Å². The van der Waals surface area contributed by atoms with Crippen LogP contribution in [0.2, 0.25) is 0 Å². The summed E-state index contributed by atoms with van der Waals surface area (Å²) in [6, 6.07) is 14.8. The predicted octanol–water partition coefficient (Wildman–Crippen LogP) is 4.01. The van der Waals surface area contributed by atoms with Crippen molar-refractivity contribution in [1.29, 1.82) is 0 Å². The molecule has 0 fully saturated rings. The number of hydrogen-bond acceptors (Lipinski definition) is 4. The highest BCUT2D eigenvalue weighted by molar-refractivity contribution is 5.94. The average molecular weight is 353 g/mol. The Kier molecular flexibility index (Phi) is 6.97. The molecule has 1 N–H and O–H groups in total. The van der Waals surface area contributed by atoms with Crippen molar-refractivity contribution in [2.24, 2.45) is 0 Å². The molecule has 136 valence electrons. The minimum absolute atomic E-state index is 0.346. The zero-order valence-electron chi connectivity index (χ0n) is 15.2. The van der Waals surface area contributed by atoms with Crippen LogP contribution in [0, 0.1) is 0 Å². The van der Waals surface area contributed by atoms with E-state index < -0.39 is 11.9 Å². The molecule has 1 amide bonds. The number of carbonyl (C=O) groups excluding carboxylic acids is 2. The number of esters is 1. The summed E-state index contributed by atoms with van der Waals surface area (Å²) in [7, 11) is 1.57. The van der Waals surface area contributed by atoms with Crippen LogP contribution < -0.4 is 10.1 Å². The fraction of sp³-hybridized carbons (Fsp3) is 0.238. The minimum Gasteiger partial charge on any atom is -0.497 e. The molecule has 0 aliphatic carbocycles. The Hall–Kier alpha value is -3.08. The highest BCUT2D eigenvalue weighted by atomic mass is 16.5. The quantitative estimate of drug-likeness (QED) is 0.603. The fourth-order valence-electron chi connectivity index (χ4n) is 2.21. The van der Waals surface area contributed by atoms with E-state index in [1.165, 1.54) is 11.6 Å². The van der Waals surface area contributed by atoms with Crippen LogP contribution in [0.1, 0.15) is 30.9 Å². The molecular formula is C21H23NO4. The third-order valence-electron chi connectivity index (χ3n) is 3.73. The number of ether oxygens (including phenoxy) is 2. The van der Waals surface area contributed by atoms with Gasteiger partial charge in [-0.2, -0.15) is 0 Å². The molecule has 0 heterocycles. The van der Waals surface area contributed by atoms with Crippen molar-refractivity contribution in [3.05, 3.63) is 65.7 Å². The molecule has 0 saturated heterocycles. The molecule has 2 aromatic carbocycles. The monoisotopic (exact) mass is 353 g/mol. The van der Waals surface area contributed by atoms with Crippen LogP contribution in [-0.4, -0.2) is 25.6 Å². The number of methoxy groups -OCH3 is 1. The van der Waals surface area contributed by atoms with Gasteiger partial charge in [0.2, 0.25) is 0 Å². The third-order valence-corrected chi connectivity index (χ3v) is 3.73. The standard InChI is InChI=1S/C21H23NO4/c1-15(2)17-7-4-16(5-8-17)6-13-21(24)26-14-20(23)22-18-9-11-19(25-3)12-10-18/h4-13,15H,14H2,1-3H3,(H,22,23). The van der Waals surface area contributed by atoms with E-state index in [2.05, 4.69) is 19.2 Å². The van der Waals surface area contributed by atoms with Crippen LogP contribution in [0.15, 0.2) is 54.6 Å². The number of nitrogens with one attached hydrogen (secondary N) is 1. The van der Waals surface area contributed by atoms with Gasteiger partial charge in [-0.25, -0.2) is 4.79 Å². The number of carbonyl (C=O) groups is 2. The number of benzene rings is 2. The van der Waals surface area contributed by atoms with Gasteiger partial charge in [0.15, 0.2) is 6.61 Å². The normalized spacial score (nSPS) is 10.8. The third kappa shape index (κ3) is 6.09. The molecule has 0 aromatic heterocycles. The summed E-state index contributed by atoms with van der Waals surface area (Å²) >= 11 is 0. The summed E-state index contributed by atoms with van der Waals surface area (Å²) in [6.07, 6.45) is 2.97. The number of anilines is 1. The Labute approximate surface area is 153 Å². The first-order chi connectivity index (χ1) is 12.5. The highest BCUT2D eigenvalue weighted by Gasteiger charge is 2.06. The van der Waals surface area contributed by atoms with Crippen LogP contribution in [-0.2, 0) is 14.3 Å². The van der Waals surface area contributed by atoms with Crippen molar-refractivity contribution in [3.8, 4) is 5.75 Å². The summed E-state index contributed by atoms with van der Waals surface area (Å²) in [5.41, 5.74) is 2.74. The van der Waals surface area contributed by atoms with Gasteiger partial charge in [-0.3, -0.25) is 4.79 Å². The molecule has 0 atom stereocenters. The number of hydrogen-bond donors (Lipinski definition) is 1. The van der Waals surface area contributed by atoms with Gasteiger partial charge in [0.05, 0.1) is 7.11 Å². The van der Waals surface area contributed by atoms with Crippen molar-refractivity contribution >= 4 is 23.6 Å². The predicted molar refractivity (Wildman–Crippen MR) is 102 cm³/mol. The van der Waals surface area contributed by atoms with Crippen LogP contribution in [0.25, 0.3) is 6.08 Å². The Balaban J connectivity index is 1.78. The van der Waals surface area contributed by atoms with E-state index in [-0.39, 0.29) is 6.61 Å². The molecule has 5 nitrogen and oxygen atoms in total. The van der Waals surface area contributed by atoms with Crippen molar-refractivity contribution in [2.45, 2.75) is 19.8 Å². The largest absolute Gasteiger partial charge is 0.497 e. The Bertz CT molecular complexity index is 762. The van der Waals surface area contributed by atoms with Crippen molar-refractivity contribution in [3.63, 3.8) is 0 Å². The number of rotatable bonds is 7. The SMILES string of the molecule is COc1ccc(NC(=O)COC(=O)C=Cc2ccc(C(C)C)cc2)cc1. The molecule has 0 saturated carbocycles. The highest BCUT2D eigenvalue weighted by Crippen LogP contribution is 2.16. The lowest BCUT2D eigenvalue weighted by atomic mass is 10.0. The van der Waals surface area contributed by atoms with Gasteiger partial charge in [0.1, 0.15) is 5.75 Å². The molecule has 0 radical (unpaired) electrons. The summed E-state index contributed by atoms with van der Waals surface area (Å²) in [4.78, 5) is 23.5. The molecule has 26 heavy (non-hydrogen) atoms. The summed E-state index contributed by atoms with van der Waals surface area (Å²) in [6.45, 7) is 3.90. The second-order valence-electron chi connectivity index (χ2n) is 6.04. The average Bonchev–Trinajstić information content (AvgIpc) is 2.65. The second-order valence-corrected chi connectivity index (χ2v) is 6.04. The first-order valence-electron chi connectivity index (χ1n) is 8.36. The number of amides is 1. The maximum Gasteiger partial charge on any atom is 0.331 e. The Morgan fingerprint density at radius 1 is 1.04 bits per heavy atom. The Morgan fingerprint density at radius 2 is 1.69 bits per heavy atom. The van der Waals surface area contributed by atoms with E-state index in [9.17, 15) is 9.59 Å². The van der Waals surface area contributed by atoms with E-state index in [4.69, 9.17) is 9.47 Å². The van der Waals surface area contributed by atoms with E-state index in [1.807, 2.05) is 24.3 Å². The molecule has 2 aromatic rings. The first kappa shape index (κ1) is 19.2. The van der Waals surface area contributed by atoms with Gasteiger partial charge in [0.25, 0.3) is 5.91 Å². The van der Waals surface area contributed by atoms with Crippen LogP contribution in [0.5, 0.6) is 5.75 Å². The lowest BCUT2D eigenvalue weighted by molar-refractivity contribution is -0.142. The van der Waals surface area contributed by atoms with Gasteiger partial charge in [-0.1, -0.05) is 38.1 Å².